The van der Waals surface area contributed by atoms with E-state index in [1.54, 1.807) is 4.52 Å². The molecule has 0 saturated heterocycles. The van der Waals surface area contributed by atoms with Gasteiger partial charge in [0.05, 0.1) is 5.69 Å². The van der Waals surface area contributed by atoms with Crippen LogP contribution in [0.1, 0.15) is 70.8 Å². The van der Waals surface area contributed by atoms with Crippen LogP contribution in [0, 0.1) is 11.3 Å². The molecule has 3 aromatic rings. The van der Waals surface area contributed by atoms with Crippen LogP contribution in [0.5, 0.6) is 0 Å². The number of H-pyrrole nitrogens is 1. The van der Waals surface area contributed by atoms with Crippen LogP contribution in [0.15, 0.2) is 4.79 Å². The van der Waals surface area contributed by atoms with Crippen LogP contribution in [0.3, 0.4) is 0 Å². The van der Waals surface area contributed by atoms with E-state index in [2.05, 4.69) is 30.7 Å². The van der Waals surface area contributed by atoms with E-state index in [1.165, 1.54) is 0 Å². The molecule has 3 aromatic heterocycles. The first kappa shape index (κ1) is 20.8. The molecule has 0 bridgehead atoms. The van der Waals surface area contributed by atoms with Crippen LogP contribution in [0.4, 0.5) is 0 Å². The van der Waals surface area contributed by atoms with E-state index in [-0.39, 0.29) is 11.5 Å². The third-order valence-corrected chi connectivity index (χ3v) is 7.39. The van der Waals surface area contributed by atoms with Crippen LogP contribution in [0.2, 0.25) is 8.80 Å². The van der Waals surface area contributed by atoms with Crippen molar-refractivity contribution in [3.8, 4) is 11.5 Å². The Morgan fingerprint density at radius 1 is 1.17 bits per heavy atom. The summed E-state index contributed by atoms with van der Waals surface area (Å²) in [6.45, 7) is 8.95. The minimum absolute atomic E-state index is 0.228. The number of rotatable bonds is 3. The van der Waals surface area contributed by atoms with Crippen LogP contribution in [-0.4, -0.2) is 24.6 Å². The highest BCUT2D eigenvalue weighted by Crippen LogP contribution is 2.43. The lowest BCUT2D eigenvalue weighted by Crippen LogP contribution is -2.26. The molecule has 4 rings (SSSR count). The SMILES string of the molecule is CCc1nc(C2CCC(C(C)(C)C)CC2)n2nc(-c3nc(Cl)sc3Cl)[nH]c(=O)c12. The monoisotopic (exact) mass is 453 g/mol. The molecular weight excluding hydrogens is 429 g/mol. The van der Waals surface area contributed by atoms with Crippen LogP contribution >= 0.6 is 34.5 Å². The summed E-state index contributed by atoms with van der Waals surface area (Å²) < 4.78 is 2.44. The number of hydrogen-bond acceptors (Lipinski definition) is 5. The van der Waals surface area contributed by atoms with Gasteiger partial charge in [0, 0.05) is 5.92 Å². The second-order valence-electron chi connectivity index (χ2n) is 8.84. The molecule has 1 aliphatic rings. The van der Waals surface area contributed by atoms with E-state index in [1.807, 2.05) is 6.92 Å². The van der Waals surface area contributed by atoms with E-state index < -0.39 is 0 Å². The predicted molar refractivity (Wildman–Crippen MR) is 118 cm³/mol. The number of hydrogen-bond donors (Lipinski definition) is 1. The van der Waals surface area contributed by atoms with E-state index in [4.69, 9.17) is 33.3 Å². The van der Waals surface area contributed by atoms with Gasteiger partial charge in [-0.2, -0.15) is 0 Å². The summed E-state index contributed by atoms with van der Waals surface area (Å²) in [5.74, 6) is 2.19. The van der Waals surface area contributed by atoms with Gasteiger partial charge in [-0.15, -0.1) is 5.10 Å². The number of nitrogens with one attached hydrogen (secondary N) is 1. The number of thiazole rings is 1. The number of nitrogens with zero attached hydrogens (tertiary/aromatic N) is 4. The zero-order chi connectivity index (χ0) is 20.9. The third kappa shape index (κ3) is 3.84. The molecule has 0 aliphatic heterocycles. The molecule has 9 heteroatoms. The van der Waals surface area contributed by atoms with E-state index in [9.17, 15) is 4.79 Å². The fraction of sp³-hybridized carbons (Fsp3) is 0.600. The first-order chi connectivity index (χ1) is 13.7. The standard InChI is InChI=1S/C20H25Cl2N5OS/c1-5-12-14-18(28)25-16(13-15(21)29-19(22)24-13)26-27(14)17(23-12)10-6-8-11(9-7-10)20(2,3)4/h10-11H,5-9H2,1-4H3,(H,25,26,28). The minimum atomic E-state index is -0.228. The molecule has 0 radical (unpaired) electrons. The summed E-state index contributed by atoms with van der Waals surface area (Å²) in [5, 5.41) is 4.69. The molecule has 29 heavy (non-hydrogen) atoms. The molecule has 1 saturated carbocycles. The summed E-state index contributed by atoms with van der Waals surface area (Å²) in [6, 6.07) is 0. The van der Waals surface area contributed by atoms with Crippen molar-refractivity contribution in [2.45, 2.75) is 65.7 Å². The molecule has 0 spiro atoms. The Morgan fingerprint density at radius 2 is 1.86 bits per heavy atom. The van der Waals surface area contributed by atoms with E-state index in [0.29, 0.717) is 43.6 Å². The first-order valence-electron chi connectivity index (χ1n) is 10.0. The predicted octanol–water partition coefficient (Wildman–Crippen LogP) is 5.73. The van der Waals surface area contributed by atoms with Crippen LogP contribution in [-0.2, 0) is 6.42 Å². The summed E-state index contributed by atoms with van der Waals surface area (Å²) in [7, 11) is 0. The summed E-state index contributed by atoms with van der Waals surface area (Å²) in [6.07, 6.45) is 5.10. The normalized spacial score (nSPS) is 20.5. The van der Waals surface area contributed by atoms with Crippen molar-refractivity contribution in [3.05, 3.63) is 30.7 Å². The highest BCUT2D eigenvalue weighted by molar-refractivity contribution is 7.19. The van der Waals surface area contributed by atoms with Crippen molar-refractivity contribution < 1.29 is 0 Å². The van der Waals surface area contributed by atoms with Gasteiger partial charge < -0.3 is 4.98 Å². The summed E-state index contributed by atoms with van der Waals surface area (Å²) in [4.78, 5) is 24.8. The molecule has 0 aromatic carbocycles. The molecule has 6 nitrogen and oxygen atoms in total. The number of imidazole rings is 1. The topological polar surface area (TPSA) is 75.9 Å². The van der Waals surface area contributed by atoms with Gasteiger partial charge in [-0.1, -0.05) is 62.2 Å². The Labute approximate surface area is 183 Å². The van der Waals surface area contributed by atoms with Crippen molar-refractivity contribution in [1.82, 2.24) is 24.6 Å². The molecular formula is C20H25Cl2N5OS. The quantitative estimate of drug-likeness (QED) is 0.548. The fourth-order valence-electron chi connectivity index (χ4n) is 4.35. The zero-order valence-electron chi connectivity index (χ0n) is 17.1. The molecule has 3 heterocycles. The Balaban J connectivity index is 1.79. The second-order valence-corrected chi connectivity index (χ2v) is 11.0. The van der Waals surface area contributed by atoms with Crippen LogP contribution in [0.25, 0.3) is 17.0 Å². The molecule has 0 amide bonds. The van der Waals surface area contributed by atoms with Gasteiger partial charge in [0.2, 0.25) is 0 Å². The second kappa shape index (κ2) is 7.67. The van der Waals surface area contributed by atoms with Gasteiger partial charge in [-0.25, -0.2) is 14.5 Å². The van der Waals surface area contributed by atoms with Gasteiger partial charge >= 0.3 is 0 Å². The molecule has 1 fully saturated rings. The summed E-state index contributed by atoms with van der Waals surface area (Å²) in [5.41, 5.74) is 1.78. The number of aromatic amines is 1. The lowest BCUT2D eigenvalue weighted by Gasteiger charge is -2.36. The molecule has 0 atom stereocenters. The smallest absolute Gasteiger partial charge is 0.277 e. The molecule has 156 valence electrons. The van der Waals surface area contributed by atoms with Crippen molar-refractivity contribution >= 4 is 40.1 Å². The Hall–Kier alpha value is -1.44. The number of halogens is 2. The fourth-order valence-corrected chi connectivity index (χ4v) is 5.66. The van der Waals surface area contributed by atoms with Crippen LogP contribution < -0.4 is 5.56 Å². The summed E-state index contributed by atoms with van der Waals surface area (Å²) >= 11 is 13.4. The molecule has 0 unspecified atom stereocenters. The molecule has 1 aliphatic carbocycles. The minimum Gasteiger partial charge on any atom is -0.302 e. The maximum absolute atomic E-state index is 12.9. The lowest BCUT2D eigenvalue weighted by atomic mass is 9.70. The highest BCUT2D eigenvalue weighted by atomic mass is 35.5. The van der Waals surface area contributed by atoms with Gasteiger partial charge in [0.25, 0.3) is 5.56 Å². The van der Waals surface area contributed by atoms with E-state index >= 15 is 0 Å². The first-order valence-corrected chi connectivity index (χ1v) is 11.6. The number of aromatic nitrogens is 5. The van der Waals surface area contributed by atoms with Gasteiger partial charge in [-0.05, 0) is 43.4 Å². The van der Waals surface area contributed by atoms with Gasteiger partial charge in [0.15, 0.2) is 15.8 Å². The van der Waals surface area contributed by atoms with E-state index in [0.717, 1.165) is 48.5 Å². The Morgan fingerprint density at radius 3 is 2.41 bits per heavy atom. The average molecular weight is 454 g/mol. The van der Waals surface area contributed by atoms with Gasteiger partial charge in [-0.3, -0.25) is 4.79 Å². The Kier molecular flexibility index (Phi) is 5.51. The Bertz CT molecular complexity index is 1100. The van der Waals surface area contributed by atoms with Crippen molar-refractivity contribution in [2.24, 2.45) is 11.3 Å². The van der Waals surface area contributed by atoms with Crippen molar-refractivity contribution in [1.29, 1.82) is 0 Å². The third-order valence-electron chi connectivity index (χ3n) is 6.03. The average Bonchev–Trinajstić information content (AvgIpc) is 3.20. The number of fused-ring (bicyclic) bond motifs is 1. The highest BCUT2D eigenvalue weighted by Gasteiger charge is 2.33. The van der Waals surface area contributed by atoms with Crippen molar-refractivity contribution in [3.63, 3.8) is 0 Å². The molecule has 1 N–H and O–H groups in total. The maximum atomic E-state index is 12.9. The lowest BCUT2D eigenvalue weighted by molar-refractivity contribution is 0.167. The van der Waals surface area contributed by atoms with Crippen molar-refractivity contribution in [2.75, 3.05) is 0 Å². The maximum Gasteiger partial charge on any atom is 0.277 e. The largest absolute Gasteiger partial charge is 0.302 e. The zero-order valence-corrected chi connectivity index (χ0v) is 19.4. The number of aryl methyl sites for hydroxylation is 1. The van der Waals surface area contributed by atoms with Gasteiger partial charge in [0.1, 0.15) is 15.9 Å².